The summed E-state index contributed by atoms with van der Waals surface area (Å²) < 4.78 is 0. The van der Waals surface area contributed by atoms with E-state index in [0.717, 1.165) is 34.9 Å². The van der Waals surface area contributed by atoms with E-state index in [1.165, 1.54) is 29.4 Å². The number of nitrogens with one attached hydrogen (secondary N) is 1. The van der Waals surface area contributed by atoms with E-state index in [0.29, 0.717) is 5.84 Å². The zero-order chi connectivity index (χ0) is 20.9. The number of nitrogens with zero attached hydrogens (tertiary/aromatic N) is 1. The molecule has 3 nitrogen and oxygen atoms in total. The van der Waals surface area contributed by atoms with Gasteiger partial charge in [0.2, 0.25) is 0 Å². The first-order chi connectivity index (χ1) is 14.7. The van der Waals surface area contributed by atoms with E-state index in [1.807, 2.05) is 43.3 Å². The Morgan fingerprint density at radius 3 is 2.43 bits per heavy atom. The molecule has 0 unspecified atom stereocenters. The van der Waals surface area contributed by atoms with Gasteiger partial charge in [-0.15, -0.1) is 0 Å². The van der Waals surface area contributed by atoms with Gasteiger partial charge in [-0.25, -0.2) is 4.99 Å². The zero-order valence-corrected chi connectivity index (χ0v) is 17.4. The lowest BCUT2D eigenvalue weighted by molar-refractivity contribution is 0.742. The molecule has 0 atom stereocenters. The minimum Gasteiger partial charge on any atom is -0.383 e. The van der Waals surface area contributed by atoms with Gasteiger partial charge < -0.3 is 5.73 Å². The first-order valence-corrected chi connectivity index (χ1v) is 10.6. The molecule has 0 radical (unpaired) electrons. The molecule has 0 aliphatic heterocycles. The predicted octanol–water partition coefficient (Wildman–Crippen LogP) is 6.56. The van der Waals surface area contributed by atoms with Crippen LogP contribution < -0.4 is 5.73 Å². The van der Waals surface area contributed by atoms with E-state index in [9.17, 15) is 0 Å². The molecule has 0 amide bonds. The minimum atomic E-state index is 0.170. The molecule has 1 aliphatic carbocycles. The molecule has 3 heteroatoms. The Bertz CT molecular complexity index is 1170. The van der Waals surface area contributed by atoms with Crippen LogP contribution in [0.1, 0.15) is 54.9 Å². The number of benzene rings is 3. The molecule has 4 rings (SSSR count). The summed E-state index contributed by atoms with van der Waals surface area (Å²) in [5.41, 5.74) is 12.0. The summed E-state index contributed by atoms with van der Waals surface area (Å²) in [5.74, 6) is 0.541. The maximum absolute atomic E-state index is 8.36. The van der Waals surface area contributed by atoms with Crippen molar-refractivity contribution in [2.24, 2.45) is 10.7 Å². The summed E-state index contributed by atoms with van der Waals surface area (Å²) in [5, 5.41) is 10.6. The van der Waals surface area contributed by atoms with E-state index < -0.39 is 0 Å². The van der Waals surface area contributed by atoms with Crippen LogP contribution in [0.25, 0.3) is 22.4 Å². The van der Waals surface area contributed by atoms with Gasteiger partial charge in [0, 0.05) is 11.1 Å². The Balaban J connectivity index is 1.90. The Labute approximate surface area is 178 Å². The summed E-state index contributed by atoms with van der Waals surface area (Å²) in [6, 6.07) is 20.0. The number of nitrogens with two attached hydrogens (primary N) is 1. The Morgan fingerprint density at radius 2 is 1.73 bits per heavy atom. The maximum Gasteiger partial charge on any atom is 0.154 e. The van der Waals surface area contributed by atoms with Crippen LogP contribution in [-0.4, -0.2) is 11.7 Å². The van der Waals surface area contributed by atoms with Crippen LogP contribution in [0.4, 0.5) is 0 Å². The Kier molecular flexibility index (Phi) is 5.89. The van der Waals surface area contributed by atoms with Crippen LogP contribution in [0.2, 0.25) is 0 Å². The fraction of sp³-hybridized carbons (Fsp3) is 0.185. The van der Waals surface area contributed by atoms with Crippen LogP contribution in [0, 0.1) is 5.41 Å². The summed E-state index contributed by atoms with van der Waals surface area (Å²) >= 11 is 0. The third-order valence-corrected chi connectivity index (χ3v) is 5.59. The maximum atomic E-state index is 8.36. The summed E-state index contributed by atoms with van der Waals surface area (Å²) in [6.45, 7) is 2.04. The zero-order valence-electron chi connectivity index (χ0n) is 17.4. The minimum absolute atomic E-state index is 0.170. The molecule has 3 aromatic carbocycles. The van der Waals surface area contributed by atoms with Crippen molar-refractivity contribution in [1.82, 2.24) is 0 Å². The second-order valence-electron chi connectivity index (χ2n) is 7.62. The van der Waals surface area contributed by atoms with E-state index in [2.05, 4.69) is 47.5 Å². The van der Waals surface area contributed by atoms with Gasteiger partial charge in [-0.05, 0) is 66.1 Å². The number of hydrogen-bond acceptors (Lipinski definition) is 1. The van der Waals surface area contributed by atoms with Crippen molar-refractivity contribution in [1.29, 1.82) is 5.41 Å². The Hall–Kier alpha value is -3.46. The molecule has 0 heterocycles. The molecule has 1 aliphatic rings. The van der Waals surface area contributed by atoms with Gasteiger partial charge in [-0.1, -0.05) is 72.8 Å². The van der Waals surface area contributed by atoms with Crippen molar-refractivity contribution in [3.63, 3.8) is 0 Å². The number of amidine groups is 2. The van der Waals surface area contributed by atoms with Crippen molar-refractivity contribution < 1.29 is 0 Å². The highest BCUT2D eigenvalue weighted by Crippen LogP contribution is 2.36. The van der Waals surface area contributed by atoms with E-state index in [4.69, 9.17) is 11.1 Å². The molecule has 0 aromatic heterocycles. The molecule has 3 N–H and O–H groups in total. The van der Waals surface area contributed by atoms with Gasteiger partial charge in [-0.3, -0.25) is 5.41 Å². The quantitative estimate of drug-likeness (QED) is 0.382. The molecule has 3 aromatic rings. The number of rotatable bonds is 4. The van der Waals surface area contributed by atoms with Gasteiger partial charge in [0.05, 0.1) is 0 Å². The molecular weight excluding hydrogens is 366 g/mol. The number of aliphatic imine (C=N–C) groups is 1. The third kappa shape index (κ3) is 3.97. The third-order valence-electron chi connectivity index (χ3n) is 5.59. The molecule has 0 saturated heterocycles. The largest absolute Gasteiger partial charge is 0.383 e. The molecular formula is C27H27N3. The molecule has 30 heavy (non-hydrogen) atoms. The van der Waals surface area contributed by atoms with Gasteiger partial charge in [-0.2, -0.15) is 0 Å². The van der Waals surface area contributed by atoms with Crippen LogP contribution in [0.3, 0.4) is 0 Å². The van der Waals surface area contributed by atoms with Gasteiger partial charge >= 0.3 is 0 Å². The predicted molar refractivity (Wildman–Crippen MR) is 129 cm³/mol. The molecule has 0 fully saturated rings. The van der Waals surface area contributed by atoms with Gasteiger partial charge in [0.25, 0.3) is 0 Å². The monoisotopic (exact) mass is 393 g/mol. The van der Waals surface area contributed by atoms with E-state index in [-0.39, 0.29) is 5.84 Å². The molecule has 0 saturated carbocycles. The van der Waals surface area contributed by atoms with E-state index in [1.54, 1.807) is 0 Å². The summed E-state index contributed by atoms with van der Waals surface area (Å²) in [6.07, 6.45) is 11.3. The molecule has 0 spiro atoms. The number of allylic oxidation sites excluding steroid dienone is 3. The normalized spacial score (nSPS) is 14.8. The number of fused-ring (bicyclic) bond motifs is 1. The van der Waals surface area contributed by atoms with Crippen molar-refractivity contribution >= 4 is 34.1 Å². The summed E-state index contributed by atoms with van der Waals surface area (Å²) in [7, 11) is 0. The first-order valence-electron chi connectivity index (χ1n) is 10.6. The van der Waals surface area contributed by atoms with Crippen LogP contribution in [0.15, 0.2) is 77.8 Å². The smallest absolute Gasteiger partial charge is 0.154 e. The van der Waals surface area contributed by atoms with Crippen molar-refractivity contribution in [3.05, 3.63) is 95.1 Å². The molecule has 150 valence electrons. The lowest BCUT2D eigenvalue weighted by Gasteiger charge is -2.20. The van der Waals surface area contributed by atoms with Crippen LogP contribution in [0.5, 0.6) is 0 Å². The Morgan fingerprint density at radius 1 is 1.00 bits per heavy atom. The van der Waals surface area contributed by atoms with Crippen molar-refractivity contribution in [2.45, 2.75) is 32.6 Å². The average Bonchev–Trinajstić information content (AvgIpc) is 2.79. The van der Waals surface area contributed by atoms with E-state index >= 15 is 0 Å². The van der Waals surface area contributed by atoms with Crippen LogP contribution >= 0.6 is 0 Å². The van der Waals surface area contributed by atoms with Gasteiger partial charge in [0.15, 0.2) is 5.84 Å². The highest BCUT2D eigenvalue weighted by molar-refractivity contribution is 6.17. The highest BCUT2D eigenvalue weighted by Gasteiger charge is 2.17. The van der Waals surface area contributed by atoms with Gasteiger partial charge in [0.1, 0.15) is 5.84 Å². The highest BCUT2D eigenvalue weighted by atomic mass is 14.9. The second-order valence-corrected chi connectivity index (χ2v) is 7.62. The number of hydrogen-bond donors (Lipinski definition) is 2. The van der Waals surface area contributed by atoms with Crippen molar-refractivity contribution in [2.75, 3.05) is 0 Å². The lowest BCUT2D eigenvalue weighted by Crippen LogP contribution is -2.17. The molecule has 0 bridgehead atoms. The van der Waals surface area contributed by atoms with Crippen molar-refractivity contribution in [3.8, 4) is 0 Å². The summed E-state index contributed by atoms with van der Waals surface area (Å²) in [4.78, 5) is 4.45. The van der Waals surface area contributed by atoms with Crippen LogP contribution in [-0.2, 0) is 0 Å². The fourth-order valence-electron chi connectivity index (χ4n) is 4.18. The second kappa shape index (κ2) is 8.91. The first kappa shape index (κ1) is 19.8. The standard InChI is InChI=1S/C27H27N3/c1-2-11-21-18-24(27(29)30-26(28)20-14-7-4-8-15-20)22-16-9-10-17-23(22)25(21)19-12-5-3-6-13-19/h2,4,7-12,14-18H,3,5-6,13H2,1H3,(H3,28,29,30)/b11-2-. The fourth-order valence-corrected chi connectivity index (χ4v) is 4.18. The lowest BCUT2D eigenvalue weighted by atomic mass is 9.85. The average molecular weight is 394 g/mol. The SMILES string of the molecule is C/C=C\c1cc(C(N)=NC(=N)c2ccccc2)c2ccccc2c1C1=CCCCC1. The topological polar surface area (TPSA) is 62.2 Å².